The molecule has 8 nitrogen and oxygen atoms in total. The van der Waals surface area contributed by atoms with E-state index in [4.69, 9.17) is 0 Å². The van der Waals surface area contributed by atoms with E-state index in [1.165, 1.54) is 4.68 Å². The lowest BCUT2D eigenvalue weighted by atomic mass is 9.88. The SMILES string of the molecule is CCC(C)(Cn1nnnc1-c1cc(C)nnc1C)C(=O)O. The number of hydrogen-bond donors (Lipinski definition) is 1. The molecule has 0 aliphatic carbocycles. The number of rotatable bonds is 5. The van der Waals surface area contributed by atoms with E-state index in [1.807, 2.05) is 26.8 Å². The summed E-state index contributed by atoms with van der Waals surface area (Å²) in [6, 6.07) is 1.84. The summed E-state index contributed by atoms with van der Waals surface area (Å²) in [5, 5.41) is 29.0. The molecule has 0 aliphatic heterocycles. The molecular weight excluding hydrogens is 272 g/mol. The summed E-state index contributed by atoms with van der Waals surface area (Å²) in [4.78, 5) is 11.4. The van der Waals surface area contributed by atoms with Crippen molar-refractivity contribution in [3.05, 3.63) is 17.5 Å². The van der Waals surface area contributed by atoms with Crippen LogP contribution >= 0.6 is 0 Å². The van der Waals surface area contributed by atoms with Crippen molar-refractivity contribution in [1.29, 1.82) is 0 Å². The third-order valence-corrected chi connectivity index (χ3v) is 3.67. The fourth-order valence-corrected chi connectivity index (χ4v) is 1.94. The molecule has 0 spiro atoms. The fraction of sp³-hybridized carbons (Fsp3) is 0.538. The van der Waals surface area contributed by atoms with Crippen LogP contribution in [0, 0.1) is 19.3 Å². The van der Waals surface area contributed by atoms with Gasteiger partial charge in [-0.15, -0.1) is 5.10 Å². The molecule has 0 radical (unpaired) electrons. The van der Waals surface area contributed by atoms with Crippen molar-refractivity contribution in [2.24, 2.45) is 5.41 Å². The zero-order valence-electron chi connectivity index (χ0n) is 12.5. The summed E-state index contributed by atoms with van der Waals surface area (Å²) in [6.07, 6.45) is 0.480. The summed E-state index contributed by atoms with van der Waals surface area (Å²) >= 11 is 0. The molecule has 1 N–H and O–H groups in total. The van der Waals surface area contributed by atoms with Gasteiger partial charge in [-0.3, -0.25) is 4.79 Å². The fourth-order valence-electron chi connectivity index (χ4n) is 1.94. The monoisotopic (exact) mass is 290 g/mol. The van der Waals surface area contributed by atoms with E-state index in [1.54, 1.807) is 6.92 Å². The van der Waals surface area contributed by atoms with E-state index in [0.717, 1.165) is 11.3 Å². The molecule has 1 atom stereocenters. The van der Waals surface area contributed by atoms with E-state index in [-0.39, 0.29) is 6.54 Å². The molecule has 1 unspecified atom stereocenters. The van der Waals surface area contributed by atoms with Gasteiger partial charge in [-0.25, -0.2) is 4.68 Å². The van der Waals surface area contributed by atoms with Gasteiger partial charge in [-0.2, -0.15) is 10.2 Å². The number of aliphatic carboxylic acids is 1. The summed E-state index contributed by atoms with van der Waals surface area (Å²) < 4.78 is 1.51. The lowest BCUT2D eigenvalue weighted by molar-refractivity contribution is -0.149. The predicted molar refractivity (Wildman–Crippen MR) is 74.4 cm³/mol. The lowest BCUT2D eigenvalue weighted by Crippen LogP contribution is -2.32. The zero-order chi connectivity index (χ0) is 15.6. The van der Waals surface area contributed by atoms with Crippen molar-refractivity contribution < 1.29 is 9.90 Å². The molecule has 21 heavy (non-hydrogen) atoms. The average Bonchev–Trinajstić information content (AvgIpc) is 2.89. The van der Waals surface area contributed by atoms with E-state index < -0.39 is 11.4 Å². The van der Waals surface area contributed by atoms with Gasteiger partial charge in [0.15, 0.2) is 5.82 Å². The number of hydrogen-bond acceptors (Lipinski definition) is 6. The summed E-state index contributed by atoms with van der Waals surface area (Å²) in [6.45, 7) is 7.36. The second-order valence-electron chi connectivity index (χ2n) is 5.36. The van der Waals surface area contributed by atoms with E-state index in [0.29, 0.717) is 17.9 Å². The number of carboxylic acids is 1. The van der Waals surface area contributed by atoms with Crippen LogP contribution in [0.2, 0.25) is 0 Å². The largest absolute Gasteiger partial charge is 0.481 e. The summed E-state index contributed by atoms with van der Waals surface area (Å²) in [5.41, 5.74) is 1.29. The minimum atomic E-state index is -0.923. The second kappa shape index (κ2) is 5.55. The Hall–Kier alpha value is -2.38. The van der Waals surface area contributed by atoms with Gasteiger partial charge in [0.05, 0.1) is 23.3 Å². The first-order valence-electron chi connectivity index (χ1n) is 6.68. The molecule has 2 aromatic rings. The molecular formula is C13H18N6O2. The van der Waals surface area contributed by atoms with Gasteiger partial charge in [0.1, 0.15) is 0 Å². The topological polar surface area (TPSA) is 107 Å². The van der Waals surface area contributed by atoms with Crippen molar-refractivity contribution in [2.45, 2.75) is 40.7 Å². The Morgan fingerprint density at radius 3 is 2.67 bits per heavy atom. The van der Waals surface area contributed by atoms with Crippen LogP contribution in [0.5, 0.6) is 0 Å². The molecule has 0 bridgehead atoms. The zero-order valence-corrected chi connectivity index (χ0v) is 12.5. The Kier molecular flexibility index (Phi) is 3.97. The van der Waals surface area contributed by atoms with Gasteiger partial charge in [-0.1, -0.05) is 6.92 Å². The minimum Gasteiger partial charge on any atom is -0.481 e. The summed E-state index contributed by atoms with van der Waals surface area (Å²) in [5.74, 6) is -0.362. The maximum atomic E-state index is 11.4. The Balaban J connectivity index is 2.44. The van der Waals surface area contributed by atoms with Gasteiger partial charge in [-0.05, 0) is 43.7 Å². The normalized spacial score (nSPS) is 13.9. The van der Waals surface area contributed by atoms with Crippen LogP contribution < -0.4 is 0 Å². The molecule has 0 amide bonds. The van der Waals surface area contributed by atoms with Crippen molar-refractivity contribution in [1.82, 2.24) is 30.4 Å². The highest BCUT2D eigenvalue weighted by Crippen LogP contribution is 2.27. The standard InChI is InChI=1S/C13H18N6O2/c1-5-13(4,12(20)21)7-19-11(16-17-18-19)10-6-8(2)14-15-9(10)3/h6H,5,7H2,1-4H3,(H,20,21). The van der Waals surface area contributed by atoms with Gasteiger partial charge in [0.25, 0.3) is 0 Å². The van der Waals surface area contributed by atoms with E-state index in [9.17, 15) is 9.90 Å². The van der Waals surface area contributed by atoms with Crippen molar-refractivity contribution in [3.63, 3.8) is 0 Å². The first-order chi connectivity index (χ1) is 9.87. The molecule has 0 saturated heterocycles. The number of aromatic nitrogens is 6. The van der Waals surface area contributed by atoms with Gasteiger partial charge in [0, 0.05) is 5.56 Å². The first-order valence-corrected chi connectivity index (χ1v) is 6.68. The first kappa shape index (κ1) is 15.0. The number of nitrogens with zero attached hydrogens (tertiary/aromatic N) is 6. The van der Waals surface area contributed by atoms with Crippen molar-refractivity contribution in [2.75, 3.05) is 0 Å². The highest BCUT2D eigenvalue weighted by Gasteiger charge is 2.33. The van der Waals surface area contributed by atoms with Gasteiger partial charge in [0.2, 0.25) is 0 Å². The smallest absolute Gasteiger partial charge is 0.311 e. The third-order valence-electron chi connectivity index (χ3n) is 3.67. The highest BCUT2D eigenvalue weighted by molar-refractivity contribution is 5.74. The lowest BCUT2D eigenvalue weighted by Gasteiger charge is -2.22. The van der Waals surface area contributed by atoms with Crippen LogP contribution in [0.1, 0.15) is 31.7 Å². The molecule has 112 valence electrons. The molecule has 0 saturated carbocycles. The number of tetrazole rings is 1. The van der Waals surface area contributed by atoms with Crippen LogP contribution in [0.25, 0.3) is 11.4 Å². The minimum absolute atomic E-state index is 0.196. The Labute approximate surface area is 122 Å². The molecule has 2 heterocycles. The Bertz CT molecular complexity index is 668. The molecule has 2 rings (SSSR count). The maximum Gasteiger partial charge on any atom is 0.311 e. The Morgan fingerprint density at radius 2 is 2.05 bits per heavy atom. The quantitative estimate of drug-likeness (QED) is 0.882. The van der Waals surface area contributed by atoms with Crippen LogP contribution in [0.15, 0.2) is 6.07 Å². The molecule has 0 aliphatic rings. The van der Waals surface area contributed by atoms with Crippen molar-refractivity contribution >= 4 is 5.97 Å². The van der Waals surface area contributed by atoms with Crippen LogP contribution in [-0.4, -0.2) is 41.5 Å². The number of carboxylic acid groups (broad SMARTS) is 1. The highest BCUT2D eigenvalue weighted by atomic mass is 16.4. The molecule has 0 fully saturated rings. The van der Waals surface area contributed by atoms with Gasteiger partial charge < -0.3 is 5.11 Å². The van der Waals surface area contributed by atoms with Crippen LogP contribution in [0.4, 0.5) is 0 Å². The van der Waals surface area contributed by atoms with E-state index in [2.05, 4.69) is 25.7 Å². The van der Waals surface area contributed by atoms with Crippen LogP contribution in [-0.2, 0) is 11.3 Å². The summed E-state index contributed by atoms with van der Waals surface area (Å²) in [7, 11) is 0. The van der Waals surface area contributed by atoms with Crippen LogP contribution in [0.3, 0.4) is 0 Å². The second-order valence-corrected chi connectivity index (χ2v) is 5.36. The molecule has 8 heteroatoms. The van der Waals surface area contributed by atoms with Crippen molar-refractivity contribution in [3.8, 4) is 11.4 Å². The van der Waals surface area contributed by atoms with E-state index >= 15 is 0 Å². The average molecular weight is 290 g/mol. The molecule has 0 aromatic carbocycles. The number of carbonyl (C=O) groups is 1. The van der Waals surface area contributed by atoms with Gasteiger partial charge >= 0.3 is 5.97 Å². The molecule has 2 aromatic heterocycles. The number of aryl methyl sites for hydroxylation is 2. The Morgan fingerprint density at radius 1 is 1.33 bits per heavy atom. The third kappa shape index (κ3) is 2.88. The maximum absolute atomic E-state index is 11.4. The predicted octanol–water partition coefficient (Wildman–Crippen LogP) is 1.25.